The Balaban J connectivity index is 0.000000211. The monoisotopic (exact) mass is 825 g/mol. The fourth-order valence-corrected chi connectivity index (χ4v) is 6.09. The quantitative estimate of drug-likeness (QED) is 0.162. The van der Waals surface area contributed by atoms with Crippen molar-refractivity contribution in [3.8, 4) is 28.3 Å². The van der Waals surface area contributed by atoms with Crippen LogP contribution in [0.1, 0.15) is 70.0 Å². The standard InChI is InChI=1S/C30H26N3O.C13H12N.Ir/c1-18(2)20-10-7-11-21(19(3)4)28(20)33-26-15-16-31-17-25(26)32-30(33)24-13-8-12-23-22-9-5-6-14-27(22)34-29(23)24;1-10-3-6-12(7-4-10)13-8-5-11(2)9-14-13;/h5-12,14-19H,1-4H3;3-6,8-9H,1-2H3;/q2*-1;/i;1D3,2D3;. The second-order valence-corrected chi connectivity index (χ2v) is 12.3. The minimum absolute atomic E-state index is 0. The molecule has 0 amide bonds. The molecule has 247 valence electrons. The second-order valence-electron chi connectivity index (χ2n) is 12.3. The molecule has 49 heavy (non-hydrogen) atoms. The molecule has 4 aromatic heterocycles. The van der Waals surface area contributed by atoms with Crippen LogP contribution in [0.25, 0.3) is 61.3 Å². The molecule has 8 rings (SSSR count). The van der Waals surface area contributed by atoms with Gasteiger partial charge in [0.2, 0.25) is 0 Å². The minimum atomic E-state index is -2.18. The Kier molecular flexibility index (Phi) is 7.87. The third-order valence-electron chi connectivity index (χ3n) is 8.44. The molecule has 0 aliphatic heterocycles. The van der Waals surface area contributed by atoms with Crippen molar-refractivity contribution in [3.63, 3.8) is 0 Å². The Morgan fingerprint density at radius 1 is 0.776 bits per heavy atom. The zero-order valence-corrected chi connectivity index (χ0v) is 30.0. The molecule has 1 radical (unpaired) electrons. The third kappa shape index (κ3) is 6.59. The van der Waals surface area contributed by atoms with Crippen LogP contribution in [0.5, 0.6) is 0 Å². The molecule has 0 spiro atoms. The van der Waals surface area contributed by atoms with Crippen LogP contribution in [0.2, 0.25) is 0 Å². The van der Waals surface area contributed by atoms with Crippen LogP contribution in [0.3, 0.4) is 0 Å². The Morgan fingerprint density at radius 2 is 1.55 bits per heavy atom. The first-order valence-corrected chi connectivity index (χ1v) is 16.0. The van der Waals surface area contributed by atoms with Crippen molar-refractivity contribution in [2.24, 2.45) is 0 Å². The van der Waals surface area contributed by atoms with Crippen LogP contribution in [0, 0.1) is 25.8 Å². The van der Waals surface area contributed by atoms with Crippen molar-refractivity contribution in [3.05, 3.63) is 144 Å². The van der Waals surface area contributed by atoms with Gasteiger partial charge in [-0.3, -0.25) is 9.97 Å². The predicted molar refractivity (Wildman–Crippen MR) is 197 cm³/mol. The topological polar surface area (TPSA) is 56.7 Å². The molecule has 0 aliphatic carbocycles. The Bertz CT molecular complexity index is 2510. The summed E-state index contributed by atoms with van der Waals surface area (Å²) in [5.41, 5.74) is 9.74. The molecule has 0 N–H and O–H groups in total. The van der Waals surface area contributed by atoms with E-state index >= 15 is 0 Å². The molecule has 6 heteroatoms. The molecular weight excluding hydrogens is 781 g/mol. The van der Waals surface area contributed by atoms with Gasteiger partial charge >= 0.3 is 0 Å². The van der Waals surface area contributed by atoms with Gasteiger partial charge in [-0.1, -0.05) is 94.0 Å². The van der Waals surface area contributed by atoms with Crippen LogP contribution in [-0.4, -0.2) is 19.5 Å². The summed E-state index contributed by atoms with van der Waals surface area (Å²) >= 11 is 0. The molecule has 4 heterocycles. The van der Waals surface area contributed by atoms with Gasteiger partial charge in [0.25, 0.3) is 0 Å². The van der Waals surface area contributed by atoms with Crippen LogP contribution >= 0.6 is 0 Å². The van der Waals surface area contributed by atoms with Crippen LogP contribution in [-0.2, 0) is 20.1 Å². The molecule has 5 nitrogen and oxygen atoms in total. The second kappa shape index (κ2) is 14.3. The Morgan fingerprint density at radius 3 is 2.24 bits per heavy atom. The van der Waals surface area contributed by atoms with Crippen molar-refractivity contribution in [1.29, 1.82) is 0 Å². The number of fused-ring (bicyclic) bond motifs is 4. The normalized spacial score (nSPS) is 13.6. The molecule has 0 bridgehead atoms. The van der Waals surface area contributed by atoms with Gasteiger partial charge in [-0.05, 0) is 53.2 Å². The summed E-state index contributed by atoms with van der Waals surface area (Å²) in [7, 11) is 0. The average Bonchev–Trinajstić information content (AvgIpc) is 3.73. The summed E-state index contributed by atoms with van der Waals surface area (Å²) in [5.74, 6) is 1.53. The number of imidazole rings is 1. The number of pyridine rings is 2. The number of benzene rings is 4. The summed E-state index contributed by atoms with van der Waals surface area (Å²) in [6, 6.07) is 34.8. The van der Waals surface area contributed by atoms with Crippen LogP contribution < -0.4 is 0 Å². The van der Waals surface area contributed by atoms with Gasteiger partial charge in [0.05, 0.1) is 28.6 Å². The number of aryl methyl sites for hydroxylation is 2. The average molecular weight is 825 g/mol. The van der Waals surface area contributed by atoms with E-state index < -0.39 is 13.7 Å². The number of aromatic nitrogens is 4. The van der Waals surface area contributed by atoms with E-state index in [0.717, 1.165) is 44.4 Å². The van der Waals surface area contributed by atoms with Gasteiger partial charge in [-0.15, -0.1) is 53.6 Å². The fraction of sp³-hybridized carbons (Fsp3) is 0.186. The maximum atomic E-state index is 7.28. The zero-order chi connectivity index (χ0) is 38.4. The maximum absolute atomic E-state index is 7.28. The van der Waals surface area contributed by atoms with Gasteiger partial charge in [0.15, 0.2) is 0 Å². The molecule has 0 fully saturated rings. The zero-order valence-electron chi connectivity index (χ0n) is 33.6. The van der Waals surface area contributed by atoms with E-state index in [1.54, 1.807) is 12.1 Å². The molecule has 4 aromatic carbocycles. The van der Waals surface area contributed by atoms with E-state index in [0.29, 0.717) is 23.1 Å². The first kappa shape index (κ1) is 27.0. The van der Waals surface area contributed by atoms with Crippen molar-refractivity contribution in [1.82, 2.24) is 19.5 Å². The molecule has 0 aliphatic rings. The van der Waals surface area contributed by atoms with Gasteiger partial charge in [0, 0.05) is 51.8 Å². The van der Waals surface area contributed by atoms with Gasteiger partial charge < -0.3 is 14.0 Å². The molecular formula is C43H38IrN4O-2. The van der Waals surface area contributed by atoms with E-state index in [1.807, 2.05) is 42.7 Å². The van der Waals surface area contributed by atoms with E-state index in [-0.39, 0.29) is 31.2 Å². The molecule has 0 atom stereocenters. The first-order chi connectivity index (χ1) is 25.7. The summed E-state index contributed by atoms with van der Waals surface area (Å²) in [6.07, 6.45) is 4.97. The van der Waals surface area contributed by atoms with Gasteiger partial charge in [-0.25, -0.2) is 0 Å². The van der Waals surface area contributed by atoms with Gasteiger partial charge in [-0.2, -0.15) is 0 Å². The summed E-state index contributed by atoms with van der Waals surface area (Å²) in [4.78, 5) is 13.5. The number of nitrogens with zero attached hydrogens (tertiary/aromatic N) is 4. The minimum Gasteiger partial charge on any atom is -0.501 e. The van der Waals surface area contributed by atoms with Crippen molar-refractivity contribution in [2.45, 2.75) is 53.2 Å². The van der Waals surface area contributed by atoms with E-state index in [4.69, 9.17) is 17.6 Å². The Hall–Kier alpha value is -4.90. The molecule has 0 saturated carbocycles. The number of furan rings is 1. The molecule has 0 unspecified atom stereocenters. The van der Waals surface area contributed by atoms with E-state index in [9.17, 15) is 0 Å². The molecule has 0 saturated heterocycles. The number of para-hydroxylation sites is 2. The summed E-state index contributed by atoms with van der Waals surface area (Å²) in [6.45, 7) is 4.64. The van der Waals surface area contributed by atoms with Gasteiger partial charge in [0.1, 0.15) is 5.58 Å². The van der Waals surface area contributed by atoms with Crippen LogP contribution in [0.4, 0.5) is 0 Å². The smallest absolute Gasteiger partial charge is 0.120 e. The predicted octanol–water partition coefficient (Wildman–Crippen LogP) is 11.2. The number of hydrogen-bond acceptors (Lipinski definition) is 4. The van der Waals surface area contributed by atoms with E-state index in [2.05, 4.69) is 84.7 Å². The van der Waals surface area contributed by atoms with Crippen molar-refractivity contribution >= 4 is 33.0 Å². The maximum Gasteiger partial charge on any atom is 0.120 e. The van der Waals surface area contributed by atoms with E-state index in [1.165, 1.54) is 41.2 Å². The Labute approximate surface area is 309 Å². The van der Waals surface area contributed by atoms with Crippen molar-refractivity contribution < 1.29 is 32.7 Å². The number of hydrogen-bond donors (Lipinski definition) is 0. The van der Waals surface area contributed by atoms with Crippen LogP contribution in [0.15, 0.2) is 114 Å². The number of rotatable bonds is 5. The van der Waals surface area contributed by atoms with Crippen molar-refractivity contribution in [2.75, 3.05) is 0 Å². The SMILES string of the molecule is CC(C)c1cccc(C(C)C)c1-n1c(-c2[c-]ccc3c2oc2ccccc23)nc2cnccc21.[2H]C([2H])([2H])c1c[c-]c(-c2ccc(C([2H])([2H])[2H])cn2)cc1.[Ir]. The first-order valence-electron chi connectivity index (χ1n) is 19.0. The summed E-state index contributed by atoms with van der Waals surface area (Å²) < 4.78 is 52.3. The largest absolute Gasteiger partial charge is 0.501 e. The third-order valence-corrected chi connectivity index (χ3v) is 8.44. The molecule has 8 aromatic rings. The summed E-state index contributed by atoms with van der Waals surface area (Å²) in [5, 5.41) is 2.17. The fourth-order valence-electron chi connectivity index (χ4n) is 6.09.